The van der Waals surface area contributed by atoms with E-state index in [1.807, 2.05) is 55.4 Å². The Labute approximate surface area is 144 Å². The van der Waals surface area contributed by atoms with Gasteiger partial charge < -0.3 is 4.57 Å². The van der Waals surface area contributed by atoms with Crippen molar-refractivity contribution in [1.82, 2.24) is 19.8 Å². The first-order chi connectivity index (χ1) is 11.5. The molecule has 1 aromatic carbocycles. The van der Waals surface area contributed by atoms with Crippen molar-refractivity contribution in [2.45, 2.75) is 26.7 Å². The molecule has 1 N–H and O–H groups in total. The number of nitrogens with one attached hydrogen (secondary N) is 1. The van der Waals surface area contributed by atoms with Crippen LogP contribution < -0.4 is 10.2 Å². The Morgan fingerprint density at radius 3 is 2.71 bits per heavy atom. The normalized spacial score (nSPS) is 12.1. The van der Waals surface area contributed by atoms with Crippen LogP contribution in [0.15, 0.2) is 29.4 Å². The summed E-state index contributed by atoms with van der Waals surface area (Å²) in [4.78, 5) is 12.9. The number of fused-ring (bicyclic) bond motifs is 1. The smallest absolute Gasteiger partial charge is 0.240 e. The Morgan fingerprint density at radius 2 is 2.04 bits per heavy atom. The molecule has 24 heavy (non-hydrogen) atoms. The Bertz CT molecular complexity index is 963. The zero-order chi connectivity index (χ0) is 17.3. The van der Waals surface area contributed by atoms with Gasteiger partial charge >= 0.3 is 0 Å². The van der Waals surface area contributed by atoms with Crippen LogP contribution in [-0.4, -0.2) is 20.3 Å². The molecular weight excluding hydrogens is 322 g/mol. The third kappa shape index (κ3) is 3.12. The largest absolute Gasteiger partial charge is 0.318 e. The number of carbonyl (C=O) groups excluding carboxylic acids is 1. The number of nitrogens with zero attached hydrogens (tertiary/aromatic N) is 4. The van der Waals surface area contributed by atoms with Crippen LogP contribution in [0.3, 0.4) is 0 Å². The number of hydrogen-bond donors (Lipinski definition) is 1. The molecule has 2 heterocycles. The van der Waals surface area contributed by atoms with E-state index in [0.29, 0.717) is 12.8 Å². The van der Waals surface area contributed by atoms with E-state index < -0.39 is 0 Å². The van der Waals surface area contributed by atoms with Gasteiger partial charge in [-0.15, -0.1) is 5.10 Å². The highest BCUT2D eigenvalue weighted by molar-refractivity contribution is 7.16. The van der Waals surface area contributed by atoms with E-state index in [-0.39, 0.29) is 5.91 Å². The predicted octanol–water partition coefficient (Wildman–Crippen LogP) is 2.15. The van der Waals surface area contributed by atoms with Crippen LogP contribution >= 0.6 is 11.3 Å². The molecule has 2 aromatic heterocycles. The summed E-state index contributed by atoms with van der Waals surface area (Å²) in [5.41, 5.74) is 7.00. The van der Waals surface area contributed by atoms with E-state index in [1.165, 1.54) is 0 Å². The van der Waals surface area contributed by atoms with Crippen LogP contribution in [0.5, 0.6) is 0 Å². The summed E-state index contributed by atoms with van der Waals surface area (Å²) in [5, 5.41) is 8.64. The van der Waals surface area contributed by atoms with Crippen LogP contribution in [0, 0.1) is 13.8 Å². The summed E-state index contributed by atoms with van der Waals surface area (Å²) in [6.45, 7) is 4.00. The van der Waals surface area contributed by atoms with Crippen molar-refractivity contribution in [2.75, 3.05) is 0 Å². The van der Waals surface area contributed by atoms with Crippen molar-refractivity contribution in [3.8, 4) is 0 Å². The molecule has 0 saturated heterocycles. The van der Waals surface area contributed by atoms with Gasteiger partial charge in [0.05, 0.1) is 15.9 Å². The minimum Gasteiger partial charge on any atom is -0.318 e. The van der Waals surface area contributed by atoms with Crippen LogP contribution in [0.4, 0.5) is 0 Å². The number of para-hydroxylation sites is 1. The average Bonchev–Trinajstić information content (AvgIpc) is 3.01. The van der Waals surface area contributed by atoms with Crippen LogP contribution in [0.1, 0.15) is 23.4 Å². The van der Waals surface area contributed by atoms with Crippen molar-refractivity contribution < 1.29 is 4.79 Å². The molecule has 0 fully saturated rings. The standard InChI is InChI=1S/C17H21N5OS/c1-11-13(12(2)22(4)20-11)9-10-16(23)18-19-17-21(3)14-7-5-6-8-15(14)24-17/h5-8H,9-10H2,1-4H3,(H,18,23). The zero-order valence-electron chi connectivity index (χ0n) is 14.3. The second-order valence-electron chi connectivity index (χ2n) is 5.83. The number of amides is 1. The Kier molecular flexibility index (Phi) is 4.53. The molecule has 0 bridgehead atoms. The topological polar surface area (TPSA) is 64.2 Å². The SMILES string of the molecule is Cc1nn(C)c(C)c1CCC(=O)NN=c1sc2ccccc2n1C. The average molecular weight is 343 g/mol. The fraction of sp³-hybridized carbons (Fsp3) is 0.353. The highest BCUT2D eigenvalue weighted by atomic mass is 32.1. The van der Waals surface area contributed by atoms with Gasteiger partial charge in [-0.3, -0.25) is 9.48 Å². The van der Waals surface area contributed by atoms with Crippen molar-refractivity contribution in [1.29, 1.82) is 0 Å². The monoisotopic (exact) mass is 343 g/mol. The summed E-state index contributed by atoms with van der Waals surface area (Å²) in [6.07, 6.45) is 1.07. The van der Waals surface area contributed by atoms with Crippen LogP contribution in [0.2, 0.25) is 0 Å². The van der Waals surface area contributed by atoms with E-state index in [1.54, 1.807) is 11.3 Å². The number of benzene rings is 1. The third-order valence-electron chi connectivity index (χ3n) is 4.25. The Balaban J connectivity index is 1.69. The molecule has 0 aliphatic rings. The lowest BCUT2D eigenvalue weighted by molar-refractivity contribution is -0.121. The van der Waals surface area contributed by atoms with E-state index in [0.717, 1.165) is 32.0 Å². The molecular formula is C17H21N5OS. The number of aryl methyl sites for hydroxylation is 3. The maximum atomic E-state index is 12.1. The summed E-state index contributed by atoms with van der Waals surface area (Å²) >= 11 is 1.56. The second kappa shape index (κ2) is 6.60. The maximum absolute atomic E-state index is 12.1. The molecule has 0 aliphatic carbocycles. The highest BCUT2D eigenvalue weighted by Crippen LogP contribution is 2.15. The van der Waals surface area contributed by atoms with Gasteiger partial charge in [0.25, 0.3) is 0 Å². The number of aromatic nitrogens is 3. The summed E-state index contributed by atoms with van der Waals surface area (Å²) in [7, 11) is 3.87. The van der Waals surface area contributed by atoms with Gasteiger partial charge in [-0.05, 0) is 38.0 Å². The van der Waals surface area contributed by atoms with Crippen molar-refractivity contribution in [2.24, 2.45) is 19.2 Å². The van der Waals surface area contributed by atoms with Gasteiger partial charge in [0, 0.05) is 26.2 Å². The molecule has 0 spiro atoms. The minimum atomic E-state index is -0.0879. The molecule has 0 aliphatic heterocycles. The first-order valence-electron chi connectivity index (χ1n) is 7.83. The summed E-state index contributed by atoms with van der Waals surface area (Å²) in [6, 6.07) is 8.09. The van der Waals surface area contributed by atoms with E-state index in [4.69, 9.17) is 0 Å². The van der Waals surface area contributed by atoms with Gasteiger partial charge in [-0.1, -0.05) is 23.5 Å². The van der Waals surface area contributed by atoms with Gasteiger partial charge in [0.2, 0.25) is 10.7 Å². The third-order valence-corrected chi connectivity index (χ3v) is 5.36. The molecule has 3 rings (SSSR count). The predicted molar refractivity (Wildman–Crippen MR) is 95.5 cm³/mol. The van der Waals surface area contributed by atoms with E-state index >= 15 is 0 Å². The van der Waals surface area contributed by atoms with Gasteiger partial charge in [-0.2, -0.15) is 5.10 Å². The van der Waals surface area contributed by atoms with Crippen LogP contribution in [-0.2, 0) is 25.3 Å². The van der Waals surface area contributed by atoms with Crippen molar-refractivity contribution in [3.63, 3.8) is 0 Å². The zero-order valence-corrected chi connectivity index (χ0v) is 15.1. The lowest BCUT2D eigenvalue weighted by atomic mass is 10.1. The van der Waals surface area contributed by atoms with E-state index in [9.17, 15) is 4.79 Å². The lowest BCUT2D eigenvalue weighted by Gasteiger charge is -2.02. The number of thiazole rings is 1. The molecule has 0 unspecified atom stereocenters. The second-order valence-corrected chi connectivity index (χ2v) is 6.84. The number of rotatable bonds is 4. The van der Waals surface area contributed by atoms with Crippen molar-refractivity contribution >= 4 is 27.5 Å². The quantitative estimate of drug-likeness (QED) is 0.738. The van der Waals surface area contributed by atoms with Gasteiger partial charge in [-0.25, -0.2) is 5.43 Å². The fourth-order valence-electron chi connectivity index (χ4n) is 2.77. The highest BCUT2D eigenvalue weighted by Gasteiger charge is 2.11. The number of hydrogen-bond acceptors (Lipinski definition) is 4. The Hall–Kier alpha value is -2.41. The van der Waals surface area contributed by atoms with Gasteiger partial charge in [0.15, 0.2) is 0 Å². The summed E-state index contributed by atoms with van der Waals surface area (Å²) < 4.78 is 4.98. The molecule has 6 nitrogen and oxygen atoms in total. The molecule has 126 valence electrons. The van der Waals surface area contributed by atoms with Crippen LogP contribution in [0.25, 0.3) is 10.2 Å². The first kappa shape index (κ1) is 16.4. The molecule has 0 atom stereocenters. The van der Waals surface area contributed by atoms with Gasteiger partial charge in [0.1, 0.15) is 0 Å². The number of carbonyl (C=O) groups is 1. The Morgan fingerprint density at radius 1 is 1.29 bits per heavy atom. The molecule has 0 radical (unpaired) electrons. The van der Waals surface area contributed by atoms with Crippen molar-refractivity contribution in [3.05, 3.63) is 46.0 Å². The molecule has 0 saturated carbocycles. The summed E-state index contributed by atoms with van der Waals surface area (Å²) in [5.74, 6) is -0.0879. The molecule has 7 heteroatoms. The fourth-order valence-corrected chi connectivity index (χ4v) is 3.75. The van der Waals surface area contributed by atoms with E-state index in [2.05, 4.69) is 21.7 Å². The minimum absolute atomic E-state index is 0.0879. The first-order valence-corrected chi connectivity index (χ1v) is 8.65. The molecule has 3 aromatic rings. The molecule has 1 amide bonds. The lowest BCUT2D eigenvalue weighted by Crippen LogP contribution is -2.23. The maximum Gasteiger partial charge on any atom is 0.240 e.